The second-order valence-electron chi connectivity index (χ2n) is 5.10. The molecule has 0 aliphatic heterocycles. The van der Waals surface area contributed by atoms with Gasteiger partial charge in [-0.15, -0.1) is 0 Å². The Balaban J connectivity index is 2.40. The number of hydrogen-bond donors (Lipinski definition) is 0. The first-order chi connectivity index (χ1) is 9.78. The SMILES string of the molecule is CC(Cl)OC(=O)OC(C)(C)CC(=O)OCc1ccccc1. The van der Waals surface area contributed by atoms with Gasteiger partial charge in [-0.05, 0) is 26.3 Å². The number of ether oxygens (including phenoxy) is 3. The molecule has 0 aliphatic rings. The summed E-state index contributed by atoms with van der Waals surface area (Å²) in [6.07, 6.45) is -0.996. The molecule has 1 aromatic carbocycles. The van der Waals surface area contributed by atoms with Gasteiger partial charge in [0.1, 0.15) is 12.2 Å². The van der Waals surface area contributed by atoms with Gasteiger partial charge in [0.15, 0.2) is 5.56 Å². The number of halogens is 1. The number of rotatable bonds is 6. The van der Waals surface area contributed by atoms with Crippen LogP contribution in [0.25, 0.3) is 0 Å². The van der Waals surface area contributed by atoms with Gasteiger partial charge in [-0.25, -0.2) is 4.79 Å². The van der Waals surface area contributed by atoms with Crippen molar-refractivity contribution >= 4 is 23.7 Å². The van der Waals surface area contributed by atoms with Crippen LogP contribution in [0.3, 0.4) is 0 Å². The predicted molar refractivity (Wildman–Crippen MR) is 77.8 cm³/mol. The molecule has 0 aliphatic carbocycles. The highest BCUT2D eigenvalue weighted by Crippen LogP contribution is 2.17. The van der Waals surface area contributed by atoms with E-state index >= 15 is 0 Å². The average molecular weight is 315 g/mol. The molecule has 0 radical (unpaired) electrons. The van der Waals surface area contributed by atoms with Crippen molar-refractivity contribution < 1.29 is 23.8 Å². The molecule has 0 aromatic heterocycles. The molecule has 0 fully saturated rings. The number of carbonyl (C=O) groups excluding carboxylic acids is 2. The second-order valence-corrected chi connectivity index (χ2v) is 5.71. The van der Waals surface area contributed by atoms with Crippen molar-refractivity contribution in [1.29, 1.82) is 0 Å². The van der Waals surface area contributed by atoms with Crippen molar-refractivity contribution in [3.8, 4) is 0 Å². The van der Waals surface area contributed by atoms with Gasteiger partial charge < -0.3 is 14.2 Å². The Morgan fingerprint density at radius 3 is 2.43 bits per heavy atom. The summed E-state index contributed by atoms with van der Waals surface area (Å²) >= 11 is 5.51. The highest BCUT2D eigenvalue weighted by Gasteiger charge is 2.28. The fraction of sp³-hybridized carbons (Fsp3) is 0.467. The molecule has 0 saturated heterocycles. The quantitative estimate of drug-likeness (QED) is 0.592. The molecule has 1 rings (SSSR count). The van der Waals surface area contributed by atoms with Crippen LogP contribution in [0.5, 0.6) is 0 Å². The molecule has 1 atom stereocenters. The minimum atomic E-state index is -1.03. The van der Waals surface area contributed by atoms with Crippen LogP contribution < -0.4 is 0 Å². The van der Waals surface area contributed by atoms with E-state index in [0.717, 1.165) is 5.56 Å². The fourth-order valence-electron chi connectivity index (χ4n) is 1.56. The lowest BCUT2D eigenvalue weighted by Gasteiger charge is -2.23. The molecular formula is C15H19ClO5. The third-order valence-corrected chi connectivity index (χ3v) is 2.52. The molecule has 0 heterocycles. The average Bonchev–Trinajstić information content (AvgIpc) is 2.35. The van der Waals surface area contributed by atoms with Crippen molar-refractivity contribution in [3.63, 3.8) is 0 Å². The standard InChI is InChI=1S/C15H19ClO5/c1-11(16)20-14(18)21-15(2,3)9-13(17)19-10-12-7-5-4-6-8-12/h4-8,11H,9-10H2,1-3H3. The maximum absolute atomic E-state index is 11.8. The second kappa shape index (κ2) is 7.88. The van der Waals surface area contributed by atoms with Crippen LogP contribution in [0.15, 0.2) is 30.3 Å². The molecule has 0 saturated carbocycles. The summed E-state index contributed by atoms with van der Waals surface area (Å²) in [5, 5.41) is 0. The zero-order chi connectivity index (χ0) is 15.9. The number of hydrogen-bond acceptors (Lipinski definition) is 5. The molecule has 1 aromatic rings. The van der Waals surface area contributed by atoms with Gasteiger partial charge in [-0.3, -0.25) is 4.79 Å². The van der Waals surface area contributed by atoms with Gasteiger partial charge in [-0.1, -0.05) is 41.9 Å². The van der Waals surface area contributed by atoms with Crippen molar-refractivity contribution in [2.24, 2.45) is 0 Å². The van der Waals surface area contributed by atoms with Crippen LogP contribution >= 0.6 is 11.6 Å². The first-order valence-electron chi connectivity index (χ1n) is 6.52. The van der Waals surface area contributed by atoms with E-state index in [0.29, 0.717) is 0 Å². The Morgan fingerprint density at radius 2 is 1.86 bits per heavy atom. The molecule has 116 valence electrons. The van der Waals surface area contributed by atoms with Crippen LogP contribution in [0, 0.1) is 0 Å². The molecule has 0 N–H and O–H groups in total. The summed E-state index contributed by atoms with van der Waals surface area (Å²) in [6.45, 7) is 4.86. The molecule has 6 heteroatoms. The number of benzene rings is 1. The Kier molecular flexibility index (Phi) is 6.49. The van der Waals surface area contributed by atoms with E-state index < -0.39 is 23.3 Å². The molecule has 21 heavy (non-hydrogen) atoms. The van der Waals surface area contributed by atoms with Gasteiger partial charge >= 0.3 is 12.1 Å². The molecule has 0 amide bonds. The van der Waals surface area contributed by atoms with Crippen LogP contribution in [0.4, 0.5) is 4.79 Å². The van der Waals surface area contributed by atoms with Gasteiger partial charge in [0.05, 0.1) is 6.42 Å². The summed E-state index contributed by atoms with van der Waals surface area (Å²) in [6, 6.07) is 9.31. The van der Waals surface area contributed by atoms with E-state index in [2.05, 4.69) is 4.74 Å². The number of carbonyl (C=O) groups is 2. The first-order valence-corrected chi connectivity index (χ1v) is 6.95. The largest absolute Gasteiger partial charge is 0.510 e. The lowest BCUT2D eigenvalue weighted by molar-refractivity contribution is -0.150. The third kappa shape index (κ3) is 7.56. The van der Waals surface area contributed by atoms with E-state index in [-0.39, 0.29) is 13.0 Å². The lowest BCUT2D eigenvalue weighted by atomic mass is 10.1. The zero-order valence-corrected chi connectivity index (χ0v) is 13.1. The summed E-state index contributed by atoms with van der Waals surface area (Å²) in [4.78, 5) is 23.1. The minimum Gasteiger partial charge on any atom is -0.461 e. The predicted octanol–water partition coefficient (Wildman–Crippen LogP) is 3.64. The van der Waals surface area contributed by atoms with Crippen LogP contribution in [0.1, 0.15) is 32.8 Å². The molecule has 0 spiro atoms. The van der Waals surface area contributed by atoms with E-state index in [4.69, 9.17) is 21.1 Å². The normalized spacial score (nSPS) is 12.4. The maximum Gasteiger partial charge on any atom is 0.510 e. The molecular weight excluding hydrogens is 296 g/mol. The molecule has 1 unspecified atom stereocenters. The summed E-state index contributed by atoms with van der Waals surface area (Å²) in [5.41, 5.74) is -0.935. The maximum atomic E-state index is 11.8. The van der Waals surface area contributed by atoms with Gasteiger partial charge in [0, 0.05) is 0 Å². The summed E-state index contributed by atoms with van der Waals surface area (Å²) in [7, 11) is 0. The highest BCUT2D eigenvalue weighted by atomic mass is 35.5. The number of alkyl halides is 1. The van der Waals surface area contributed by atoms with Gasteiger partial charge in [-0.2, -0.15) is 0 Å². The van der Waals surface area contributed by atoms with Crippen LogP contribution in [-0.4, -0.2) is 23.3 Å². The van der Waals surface area contributed by atoms with Gasteiger partial charge in [0.25, 0.3) is 0 Å². The van der Waals surface area contributed by atoms with Crippen molar-refractivity contribution in [1.82, 2.24) is 0 Å². The van der Waals surface area contributed by atoms with Crippen LogP contribution in [0.2, 0.25) is 0 Å². The van der Waals surface area contributed by atoms with Gasteiger partial charge in [0.2, 0.25) is 0 Å². The Morgan fingerprint density at radius 1 is 1.24 bits per heavy atom. The monoisotopic (exact) mass is 314 g/mol. The Bertz CT molecular complexity index is 470. The first kappa shape index (κ1) is 17.3. The van der Waals surface area contributed by atoms with E-state index in [1.807, 2.05) is 30.3 Å². The molecule has 0 bridgehead atoms. The van der Waals surface area contributed by atoms with Crippen LogP contribution in [-0.2, 0) is 25.6 Å². The topological polar surface area (TPSA) is 61.8 Å². The number of esters is 1. The van der Waals surface area contributed by atoms with E-state index in [1.165, 1.54) is 6.92 Å². The van der Waals surface area contributed by atoms with Crippen molar-refractivity contribution in [2.45, 2.75) is 45.0 Å². The van der Waals surface area contributed by atoms with E-state index in [9.17, 15) is 9.59 Å². The smallest absolute Gasteiger partial charge is 0.461 e. The third-order valence-electron chi connectivity index (χ3n) is 2.43. The molecule has 5 nitrogen and oxygen atoms in total. The summed E-state index contributed by atoms with van der Waals surface area (Å²) in [5.74, 6) is -0.462. The lowest BCUT2D eigenvalue weighted by Crippen LogP contribution is -2.32. The van der Waals surface area contributed by atoms with Crippen molar-refractivity contribution in [2.75, 3.05) is 0 Å². The van der Waals surface area contributed by atoms with E-state index in [1.54, 1.807) is 13.8 Å². The fourth-order valence-corrected chi connectivity index (χ4v) is 1.63. The van der Waals surface area contributed by atoms with Crippen molar-refractivity contribution in [3.05, 3.63) is 35.9 Å². The Hall–Kier alpha value is -1.75. The highest BCUT2D eigenvalue weighted by molar-refractivity contribution is 6.19. The zero-order valence-electron chi connectivity index (χ0n) is 12.3. The summed E-state index contributed by atoms with van der Waals surface area (Å²) < 4.78 is 14.8. The Labute approximate surface area is 129 Å². The minimum absolute atomic E-state index is 0.0778.